The largest absolute Gasteiger partial charge is 0.299 e. The molecule has 0 heterocycles. The number of hydrogen-bond acceptors (Lipinski definition) is 2. The molecule has 0 saturated carbocycles. The van der Waals surface area contributed by atoms with E-state index in [-0.39, 0.29) is 12.2 Å². The van der Waals surface area contributed by atoms with Gasteiger partial charge in [-0.1, -0.05) is 17.7 Å². The maximum Gasteiger partial charge on any atom is 0.147 e. The number of ketones is 1. The van der Waals surface area contributed by atoms with Crippen LogP contribution in [0.5, 0.6) is 0 Å². The van der Waals surface area contributed by atoms with Crippen LogP contribution in [0.1, 0.15) is 12.5 Å². The quantitative estimate of drug-likeness (QED) is 0.794. The Labute approximate surface area is 92.3 Å². The second-order valence-corrected chi connectivity index (χ2v) is 3.67. The number of halogens is 2. The van der Waals surface area contributed by atoms with Gasteiger partial charge in [0.25, 0.3) is 0 Å². The van der Waals surface area contributed by atoms with Gasteiger partial charge in [-0.2, -0.15) is 5.26 Å². The van der Waals surface area contributed by atoms with Gasteiger partial charge < -0.3 is 0 Å². The normalized spacial score (nSPS) is 11.9. The molecule has 0 amide bonds. The second kappa shape index (κ2) is 4.90. The van der Waals surface area contributed by atoms with Gasteiger partial charge in [0.05, 0.1) is 6.07 Å². The van der Waals surface area contributed by atoms with Gasteiger partial charge >= 0.3 is 0 Å². The number of carbonyl (C=O) groups is 1. The number of benzene rings is 1. The van der Waals surface area contributed by atoms with Crippen molar-refractivity contribution in [2.75, 3.05) is 0 Å². The molecule has 0 aromatic heterocycles. The molecule has 0 aliphatic carbocycles. The van der Waals surface area contributed by atoms with E-state index in [9.17, 15) is 9.18 Å². The molecule has 1 atom stereocenters. The molecule has 1 aromatic carbocycles. The average Bonchev–Trinajstić information content (AvgIpc) is 2.16. The Morgan fingerprint density at radius 2 is 2.33 bits per heavy atom. The van der Waals surface area contributed by atoms with Crippen molar-refractivity contribution < 1.29 is 9.18 Å². The summed E-state index contributed by atoms with van der Waals surface area (Å²) in [6.45, 7) is 1.32. The van der Waals surface area contributed by atoms with Crippen LogP contribution in [-0.2, 0) is 11.2 Å². The number of nitriles is 1. The molecule has 15 heavy (non-hydrogen) atoms. The highest BCUT2D eigenvalue weighted by atomic mass is 35.5. The number of carbonyl (C=O) groups excluding carboxylic acids is 1. The van der Waals surface area contributed by atoms with Crippen LogP contribution in [0.4, 0.5) is 4.39 Å². The summed E-state index contributed by atoms with van der Waals surface area (Å²) < 4.78 is 13.3. The number of hydrogen-bond donors (Lipinski definition) is 0. The van der Waals surface area contributed by atoms with E-state index in [2.05, 4.69) is 0 Å². The molecule has 4 heteroatoms. The molecule has 78 valence electrons. The molecule has 0 bridgehead atoms. The van der Waals surface area contributed by atoms with Crippen molar-refractivity contribution in [2.45, 2.75) is 13.3 Å². The van der Waals surface area contributed by atoms with Crippen LogP contribution in [0.3, 0.4) is 0 Å². The Hall–Kier alpha value is -1.40. The Bertz CT molecular complexity index is 425. The minimum atomic E-state index is -0.791. The molecular weight excluding hydrogens is 217 g/mol. The first-order valence-corrected chi connectivity index (χ1v) is 4.76. The third-order valence-electron chi connectivity index (χ3n) is 2.09. The van der Waals surface area contributed by atoms with E-state index in [0.29, 0.717) is 10.6 Å². The highest BCUT2D eigenvalue weighted by Crippen LogP contribution is 2.17. The Kier molecular flexibility index (Phi) is 3.81. The van der Waals surface area contributed by atoms with E-state index < -0.39 is 11.7 Å². The van der Waals surface area contributed by atoms with Gasteiger partial charge in [0.1, 0.15) is 17.5 Å². The van der Waals surface area contributed by atoms with Gasteiger partial charge in [-0.25, -0.2) is 4.39 Å². The predicted octanol–water partition coefficient (Wildman–Crippen LogP) is 2.75. The molecule has 0 spiro atoms. The van der Waals surface area contributed by atoms with Crippen LogP contribution in [0, 0.1) is 23.1 Å². The summed E-state index contributed by atoms with van der Waals surface area (Å²) in [5.41, 5.74) is 0.334. The lowest BCUT2D eigenvalue weighted by atomic mass is 9.97. The van der Waals surface area contributed by atoms with Crippen LogP contribution in [0.25, 0.3) is 0 Å². The van der Waals surface area contributed by atoms with Crippen molar-refractivity contribution in [3.05, 3.63) is 34.6 Å². The van der Waals surface area contributed by atoms with Gasteiger partial charge in [0.15, 0.2) is 0 Å². The highest BCUT2D eigenvalue weighted by molar-refractivity contribution is 6.30. The van der Waals surface area contributed by atoms with Crippen molar-refractivity contribution in [3.63, 3.8) is 0 Å². The lowest BCUT2D eigenvalue weighted by Gasteiger charge is -2.06. The Morgan fingerprint density at radius 3 is 2.80 bits per heavy atom. The number of Topliss-reactive ketones (excluding diaryl/α,β-unsaturated/α-hetero) is 1. The average molecular weight is 226 g/mol. The molecule has 0 unspecified atom stereocenters. The van der Waals surface area contributed by atoms with Crippen molar-refractivity contribution in [1.29, 1.82) is 5.26 Å². The van der Waals surface area contributed by atoms with Crippen LogP contribution in [0.2, 0.25) is 5.02 Å². The van der Waals surface area contributed by atoms with E-state index in [1.165, 1.54) is 25.1 Å². The molecule has 2 nitrogen and oxygen atoms in total. The van der Waals surface area contributed by atoms with Crippen molar-refractivity contribution in [1.82, 2.24) is 0 Å². The summed E-state index contributed by atoms with van der Waals surface area (Å²) in [4.78, 5) is 11.0. The van der Waals surface area contributed by atoms with Crippen LogP contribution in [0.15, 0.2) is 18.2 Å². The van der Waals surface area contributed by atoms with Gasteiger partial charge in [-0.05, 0) is 31.0 Å². The lowest BCUT2D eigenvalue weighted by Crippen LogP contribution is -2.12. The topological polar surface area (TPSA) is 40.9 Å². The molecule has 0 aliphatic rings. The van der Waals surface area contributed by atoms with Crippen LogP contribution >= 0.6 is 11.6 Å². The predicted molar refractivity (Wildman–Crippen MR) is 54.9 cm³/mol. The third-order valence-corrected chi connectivity index (χ3v) is 2.32. The molecule has 1 rings (SSSR count). The van der Waals surface area contributed by atoms with E-state index in [0.717, 1.165) is 0 Å². The molecule has 1 aromatic rings. The lowest BCUT2D eigenvalue weighted by molar-refractivity contribution is -0.119. The summed E-state index contributed by atoms with van der Waals surface area (Å²) >= 11 is 5.58. The third kappa shape index (κ3) is 3.03. The summed E-state index contributed by atoms with van der Waals surface area (Å²) in [6, 6.07) is 6.04. The molecule has 0 N–H and O–H groups in total. The van der Waals surface area contributed by atoms with Crippen LogP contribution in [-0.4, -0.2) is 5.78 Å². The summed E-state index contributed by atoms with van der Waals surface area (Å²) in [6.07, 6.45) is 0.0921. The fraction of sp³-hybridized carbons (Fsp3) is 0.273. The maximum absolute atomic E-state index is 13.3. The van der Waals surface area contributed by atoms with Crippen molar-refractivity contribution >= 4 is 17.4 Å². The SMILES string of the molecule is CC(=O)[C@@H](C#N)Cc1ccc(Cl)cc1F. The minimum Gasteiger partial charge on any atom is -0.299 e. The number of nitrogens with zero attached hydrogens (tertiary/aromatic N) is 1. The van der Waals surface area contributed by atoms with Gasteiger partial charge in [0, 0.05) is 5.02 Å². The highest BCUT2D eigenvalue weighted by Gasteiger charge is 2.16. The Balaban J connectivity index is 2.90. The van der Waals surface area contributed by atoms with Crippen molar-refractivity contribution in [2.24, 2.45) is 5.92 Å². The molecule has 0 radical (unpaired) electrons. The van der Waals surface area contributed by atoms with Gasteiger partial charge in [-0.3, -0.25) is 4.79 Å². The molecule has 0 fully saturated rings. The smallest absolute Gasteiger partial charge is 0.147 e. The Morgan fingerprint density at radius 1 is 1.67 bits per heavy atom. The van der Waals surface area contributed by atoms with Gasteiger partial charge in [-0.15, -0.1) is 0 Å². The molecule has 0 aliphatic heterocycles. The zero-order chi connectivity index (χ0) is 11.4. The second-order valence-electron chi connectivity index (χ2n) is 3.23. The van der Waals surface area contributed by atoms with Crippen molar-refractivity contribution in [3.8, 4) is 6.07 Å². The zero-order valence-electron chi connectivity index (χ0n) is 8.13. The first-order chi connectivity index (χ1) is 7.04. The molecular formula is C11H9ClFNO. The van der Waals surface area contributed by atoms with Crippen LogP contribution < -0.4 is 0 Å². The standard InChI is InChI=1S/C11H9ClFNO/c1-7(15)9(6-14)4-8-2-3-10(12)5-11(8)13/h2-3,5,9H,4H2,1H3/t9-/m1/s1. The fourth-order valence-electron chi connectivity index (χ4n) is 1.19. The fourth-order valence-corrected chi connectivity index (χ4v) is 1.35. The van der Waals surface area contributed by atoms with E-state index in [1.807, 2.05) is 6.07 Å². The monoisotopic (exact) mass is 225 g/mol. The maximum atomic E-state index is 13.3. The number of rotatable bonds is 3. The zero-order valence-corrected chi connectivity index (χ0v) is 8.88. The summed E-state index contributed by atoms with van der Waals surface area (Å²) in [7, 11) is 0. The van der Waals surface area contributed by atoms with E-state index in [1.54, 1.807) is 0 Å². The van der Waals surface area contributed by atoms with Gasteiger partial charge in [0.2, 0.25) is 0 Å². The first-order valence-electron chi connectivity index (χ1n) is 4.38. The first kappa shape index (κ1) is 11.7. The minimum absolute atomic E-state index is 0.0921. The summed E-state index contributed by atoms with van der Waals surface area (Å²) in [5.74, 6) is -1.53. The summed E-state index contributed by atoms with van der Waals surface area (Å²) in [5, 5.41) is 8.98. The molecule has 0 saturated heterocycles. The van der Waals surface area contributed by atoms with E-state index in [4.69, 9.17) is 16.9 Å². The van der Waals surface area contributed by atoms with E-state index >= 15 is 0 Å².